The first-order valence-corrected chi connectivity index (χ1v) is 8.04. The van der Waals surface area contributed by atoms with Crippen molar-refractivity contribution in [2.45, 2.75) is 19.9 Å². The molecule has 4 nitrogen and oxygen atoms in total. The first kappa shape index (κ1) is 15.4. The number of para-hydroxylation sites is 1. The van der Waals surface area contributed by atoms with Crippen LogP contribution in [0.5, 0.6) is 0 Å². The van der Waals surface area contributed by atoms with Gasteiger partial charge in [0.05, 0.1) is 20.9 Å². The van der Waals surface area contributed by atoms with E-state index in [-0.39, 0.29) is 11.6 Å². The van der Waals surface area contributed by atoms with Gasteiger partial charge in [-0.3, -0.25) is 4.79 Å². The van der Waals surface area contributed by atoms with Crippen LogP contribution in [0.4, 0.5) is 15.8 Å². The molecular formula is C17H16FN3OS. The predicted octanol–water partition coefficient (Wildman–Crippen LogP) is 4.18. The number of amides is 1. The molecule has 0 aliphatic rings. The highest BCUT2D eigenvalue weighted by Gasteiger charge is 2.15. The lowest BCUT2D eigenvalue weighted by molar-refractivity contribution is -0.116. The van der Waals surface area contributed by atoms with Crippen LogP contribution < -0.4 is 10.6 Å². The first-order valence-electron chi connectivity index (χ1n) is 7.22. The van der Waals surface area contributed by atoms with E-state index in [0.29, 0.717) is 0 Å². The van der Waals surface area contributed by atoms with Gasteiger partial charge in [-0.25, -0.2) is 9.37 Å². The van der Waals surface area contributed by atoms with E-state index < -0.39 is 11.9 Å². The molecular weight excluding hydrogens is 313 g/mol. The molecule has 3 aromatic rings. The number of halogens is 1. The van der Waals surface area contributed by atoms with Gasteiger partial charge in [0.25, 0.3) is 0 Å². The number of thiazole rings is 1. The summed E-state index contributed by atoms with van der Waals surface area (Å²) in [5.74, 6) is -0.745. The van der Waals surface area contributed by atoms with Gasteiger partial charge in [-0.15, -0.1) is 11.3 Å². The van der Waals surface area contributed by atoms with Crippen LogP contribution in [0, 0.1) is 12.7 Å². The van der Waals surface area contributed by atoms with Crippen molar-refractivity contribution in [1.29, 1.82) is 0 Å². The number of aryl methyl sites for hydroxylation is 1. The Morgan fingerprint density at radius 1 is 1.26 bits per heavy atom. The molecule has 0 saturated carbocycles. The Morgan fingerprint density at radius 3 is 2.83 bits per heavy atom. The topological polar surface area (TPSA) is 54.0 Å². The molecule has 23 heavy (non-hydrogen) atoms. The molecule has 0 saturated heterocycles. The van der Waals surface area contributed by atoms with Gasteiger partial charge in [-0.2, -0.15) is 0 Å². The van der Waals surface area contributed by atoms with Crippen LogP contribution >= 0.6 is 11.3 Å². The van der Waals surface area contributed by atoms with Crippen LogP contribution in [0.2, 0.25) is 0 Å². The molecule has 1 heterocycles. The summed E-state index contributed by atoms with van der Waals surface area (Å²) in [4.78, 5) is 16.6. The molecule has 0 radical (unpaired) electrons. The van der Waals surface area contributed by atoms with Crippen molar-refractivity contribution in [1.82, 2.24) is 4.98 Å². The van der Waals surface area contributed by atoms with Gasteiger partial charge < -0.3 is 10.6 Å². The van der Waals surface area contributed by atoms with Gasteiger partial charge in [0, 0.05) is 5.69 Å². The lowest BCUT2D eigenvalue weighted by atomic mass is 10.2. The highest BCUT2D eigenvalue weighted by molar-refractivity contribution is 7.18. The SMILES string of the molecule is Cc1nc2ccc(N[C@H](C)C(=O)Nc3ccccc3F)cc2s1. The summed E-state index contributed by atoms with van der Waals surface area (Å²) in [6.45, 7) is 3.69. The van der Waals surface area contributed by atoms with E-state index in [4.69, 9.17) is 0 Å². The minimum absolute atomic E-state index is 0.180. The Labute approximate surface area is 137 Å². The van der Waals surface area contributed by atoms with E-state index in [0.717, 1.165) is 20.9 Å². The van der Waals surface area contributed by atoms with Crippen LogP contribution in [-0.2, 0) is 4.79 Å². The predicted molar refractivity (Wildman–Crippen MR) is 92.5 cm³/mol. The van der Waals surface area contributed by atoms with E-state index in [1.807, 2.05) is 25.1 Å². The third-order valence-corrected chi connectivity index (χ3v) is 4.34. The Kier molecular flexibility index (Phi) is 4.25. The molecule has 1 amide bonds. The first-order chi connectivity index (χ1) is 11.0. The molecule has 0 bridgehead atoms. The molecule has 0 unspecified atom stereocenters. The molecule has 0 aliphatic heterocycles. The zero-order valence-corrected chi connectivity index (χ0v) is 13.6. The number of aromatic nitrogens is 1. The summed E-state index contributed by atoms with van der Waals surface area (Å²) < 4.78 is 14.6. The number of hydrogen-bond donors (Lipinski definition) is 2. The molecule has 2 N–H and O–H groups in total. The minimum atomic E-state index is -0.499. The average molecular weight is 329 g/mol. The van der Waals surface area contributed by atoms with Gasteiger partial charge in [0.2, 0.25) is 5.91 Å². The average Bonchev–Trinajstić information content (AvgIpc) is 2.88. The lowest BCUT2D eigenvalue weighted by Crippen LogP contribution is -2.32. The number of nitrogens with zero attached hydrogens (tertiary/aromatic N) is 1. The Hall–Kier alpha value is -2.47. The maximum Gasteiger partial charge on any atom is 0.246 e. The van der Waals surface area contributed by atoms with Gasteiger partial charge in [-0.1, -0.05) is 12.1 Å². The molecule has 3 rings (SSSR count). The van der Waals surface area contributed by atoms with Crippen molar-refractivity contribution in [2.24, 2.45) is 0 Å². The second kappa shape index (κ2) is 6.34. The summed E-state index contributed by atoms with van der Waals surface area (Å²) >= 11 is 1.61. The van der Waals surface area contributed by atoms with Crippen molar-refractivity contribution in [3.8, 4) is 0 Å². The Balaban J connectivity index is 1.70. The van der Waals surface area contributed by atoms with Crippen molar-refractivity contribution >= 4 is 38.8 Å². The number of rotatable bonds is 4. The zero-order chi connectivity index (χ0) is 16.4. The summed E-state index contributed by atoms with van der Waals surface area (Å²) in [7, 11) is 0. The smallest absolute Gasteiger partial charge is 0.246 e. The van der Waals surface area contributed by atoms with Crippen molar-refractivity contribution in [3.63, 3.8) is 0 Å². The number of nitrogens with one attached hydrogen (secondary N) is 2. The third-order valence-electron chi connectivity index (χ3n) is 3.40. The van der Waals surface area contributed by atoms with Crippen LogP contribution in [0.15, 0.2) is 42.5 Å². The van der Waals surface area contributed by atoms with Gasteiger partial charge in [-0.05, 0) is 44.2 Å². The number of hydrogen-bond acceptors (Lipinski definition) is 4. The fourth-order valence-corrected chi connectivity index (χ4v) is 3.12. The van der Waals surface area contributed by atoms with E-state index in [2.05, 4.69) is 15.6 Å². The van der Waals surface area contributed by atoms with Crippen molar-refractivity contribution in [2.75, 3.05) is 10.6 Å². The highest BCUT2D eigenvalue weighted by atomic mass is 32.1. The molecule has 0 fully saturated rings. The van der Waals surface area contributed by atoms with Crippen LogP contribution in [-0.4, -0.2) is 16.9 Å². The highest BCUT2D eigenvalue weighted by Crippen LogP contribution is 2.25. The van der Waals surface area contributed by atoms with Gasteiger partial charge in [0.15, 0.2) is 0 Å². The number of fused-ring (bicyclic) bond motifs is 1. The van der Waals surface area contributed by atoms with E-state index in [1.165, 1.54) is 12.1 Å². The molecule has 2 aromatic carbocycles. The second-order valence-electron chi connectivity index (χ2n) is 5.25. The molecule has 118 valence electrons. The van der Waals surface area contributed by atoms with Gasteiger partial charge in [0.1, 0.15) is 11.9 Å². The summed E-state index contributed by atoms with van der Waals surface area (Å²) in [5, 5.41) is 6.71. The zero-order valence-electron chi connectivity index (χ0n) is 12.8. The number of carbonyl (C=O) groups is 1. The molecule has 1 atom stereocenters. The Morgan fingerprint density at radius 2 is 2.04 bits per heavy atom. The summed E-state index contributed by atoms with van der Waals surface area (Å²) in [6, 6.07) is 11.4. The van der Waals surface area contributed by atoms with E-state index in [9.17, 15) is 9.18 Å². The second-order valence-corrected chi connectivity index (χ2v) is 6.49. The summed E-state index contributed by atoms with van der Waals surface area (Å²) in [5.41, 5.74) is 1.96. The monoisotopic (exact) mass is 329 g/mol. The van der Waals surface area contributed by atoms with E-state index in [1.54, 1.807) is 30.4 Å². The molecule has 0 spiro atoms. The number of anilines is 2. The molecule has 1 aromatic heterocycles. The largest absolute Gasteiger partial charge is 0.374 e. The minimum Gasteiger partial charge on any atom is -0.374 e. The van der Waals surface area contributed by atoms with Gasteiger partial charge >= 0.3 is 0 Å². The van der Waals surface area contributed by atoms with Crippen LogP contribution in [0.25, 0.3) is 10.2 Å². The standard InChI is InChI=1S/C17H16FN3OS/c1-10(17(22)21-14-6-4-3-5-13(14)18)19-12-7-8-15-16(9-12)23-11(2)20-15/h3-10,19H,1-2H3,(H,21,22)/t10-/m1/s1. The summed E-state index contributed by atoms with van der Waals surface area (Å²) in [6.07, 6.45) is 0. The van der Waals surface area contributed by atoms with Crippen LogP contribution in [0.1, 0.15) is 11.9 Å². The number of carbonyl (C=O) groups excluding carboxylic acids is 1. The fourth-order valence-electron chi connectivity index (χ4n) is 2.25. The maximum absolute atomic E-state index is 13.6. The normalized spacial score (nSPS) is 12.1. The number of benzene rings is 2. The van der Waals surface area contributed by atoms with Crippen molar-refractivity contribution < 1.29 is 9.18 Å². The molecule has 0 aliphatic carbocycles. The molecule has 6 heteroatoms. The fraction of sp³-hybridized carbons (Fsp3) is 0.176. The van der Waals surface area contributed by atoms with E-state index >= 15 is 0 Å². The third kappa shape index (κ3) is 3.48. The van der Waals surface area contributed by atoms with Crippen LogP contribution in [0.3, 0.4) is 0 Å². The Bertz CT molecular complexity index is 862. The van der Waals surface area contributed by atoms with Crippen molar-refractivity contribution in [3.05, 3.63) is 53.3 Å². The lowest BCUT2D eigenvalue weighted by Gasteiger charge is -2.15. The maximum atomic E-state index is 13.6. The quantitative estimate of drug-likeness (QED) is 0.755.